The van der Waals surface area contributed by atoms with E-state index in [2.05, 4.69) is 10.3 Å². The van der Waals surface area contributed by atoms with Gasteiger partial charge in [0.25, 0.3) is 5.91 Å². The highest BCUT2D eigenvalue weighted by Crippen LogP contribution is 2.40. The van der Waals surface area contributed by atoms with E-state index < -0.39 is 17.8 Å². The molecule has 0 spiro atoms. The lowest BCUT2D eigenvalue weighted by molar-refractivity contribution is -0.127. The lowest BCUT2D eigenvalue weighted by Crippen LogP contribution is -2.47. The number of aryl methyl sites for hydroxylation is 1. The van der Waals surface area contributed by atoms with Gasteiger partial charge in [0.2, 0.25) is 5.91 Å². The summed E-state index contributed by atoms with van der Waals surface area (Å²) in [6.45, 7) is 3.42. The lowest BCUT2D eigenvalue weighted by atomic mass is 10.1. The number of aromatic nitrogens is 2. The summed E-state index contributed by atoms with van der Waals surface area (Å²) in [4.78, 5) is 37.3. The number of fused-ring (bicyclic) bond motifs is 1. The first kappa shape index (κ1) is 22.7. The Bertz CT molecular complexity index is 1410. The average molecular weight is 489 g/mol. The van der Waals surface area contributed by atoms with E-state index in [0.29, 0.717) is 17.1 Å². The number of amides is 2. The largest absolute Gasteiger partial charge is 0.479 e. The number of halogens is 1. The quantitative estimate of drug-likeness (QED) is 0.424. The number of thiazole rings is 1. The Balaban J connectivity index is 1.45. The number of carbonyl (C=O) groups excluding carboxylic acids is 2. The van der Waals surface area contributed by atoms with Crippen molar-refractivity contribution >= 4 is 34.5 Å². The van der Waals surface area contributed by atoms with Crippen molar-refractivity contribution in [1.82, 2.24) is 9.97 Å². The molecule has 0 radical (unpaired) electrons. The van der Waals surface area contributed by atoms with E-state index >= 15 is 0 Å². The Morgan fingerprint density at radius 1 is 1.17 bits per heavy atom. The molecule has 176 valence electrons. The van der Waals surface area contributed by atoms with Crippen LogP contribution in [0.25, 0.3) is 22.0 Å². The molecule has 0 aliphatic carbocycles. The highest BCUT2D eigenvalue weighted by Gasteiger charge is 2.33. The standard InChI is InChI=1S/C26H21FN4O3S/c1-15-26(33)31(14-23(32)29-19-9-7-18(27)8-10-19)21-13-17(6-11-22(21)34-15)24-16(2)35-25(30-24)20-5-3-4-12-28-20/h3-13,15H,14H2,1-2H3,(H,29,32). The first-order valence-electron chi connectivity index (χ1n) is 11.0. The number of carbonyl (C=O) groups is 2. The zero-order chi connectivity index (χ0) is 24.5. The van der Waals surface area contributed by atoms with Gasteiger partial charge in [-0.2, -0.15) is 0 Å². The molecule has 2 aromatic carbocycles. The predicted molar refractivity (Wildman–Crippen MR) is 133 cm³/mol. The predicted octanol–water partition coefficient (Wildman–Crippen LogP) is 5.07. The summed E-state index contributed by atoms with van der Waals surface area (Å²) in [5, 5.41) is 3.50. The van der Waals surface area contributed by atoms with E-state index in [1.807, 2.05) is 37.3 Å². The third-order valence-electron chi connectivity index (χ3n) is 5.55. The topological polar surface area (TPSA) is 84.4 Å². The van der Waals surface area contributed by atoms with Crippen LogP contribution in [0.1, 0.15) is 11.8 Å². The molecule has 0 fully saturated rings. The Labute approximate surface area is 205 Å². The second-order valence-electron chi connectivity index (χ2n) is 8.06. The summed E-state index contributed by atoms with van der Waals surface area (Å²) in [6.07, 6.45) is 0.993. The van der Waals surface area contributed by atoms with Gasteiger partial charge in [-0.3, -0.25) is 19.5 Å². The summed E-state index contributed by atoms with van der Waals surface area (Å²) in [6, 6.07) is 16.6. The molecule has 0 saturated heterocycles. The molecule has 9 heteroatoms. The Kier molecular flexibility index (Phi) is 6.00. The second kappa shape index (κ2) is 9.27. The van der Waals surface area contributed by atoms with E-state index in [1.54, 1.807) is 19.2 Å². The van der Waals surface area contributed by atoms with Gasteiger partial charge in [-0.25, -0.2) is 9.37 Å². The van der Waals surface area contributed by atoms with Crippen LogP contribution in [-0.2, 0) is 9.59 Å². The van der Waals surface area contributed by atoms with Gasteiger partial charge >= 0.3 is 0 Å². The molecule has 7 nitrogen and oxygen atoms in total. The Morgan fingerprint density at radius 3 is 2.71 bits per heavy atom. The summed E-state index contributed by atoms with van der Waals surface area (Å²) in [7, 11) is 0. The molecular formula is C26H21FN4O3S. The lowest BCUT2D eigenvalue weighted by Gasteiger charge is -2.33. The molecule has 2 aromatic heterocycles. The Hall–Kier alpha value is -4.11. The van der Waals surface area contributed by atoms with Crippen LogP contribution in [-0.4, -0.2) is 34.4 Å². The van der Waals surface area contributed by atoms with Crippen molar-refractivity contribution in [3.05, 3.63) is 77.6 Å². The number of ether oxygens (including phenoxy) is 1. The molecule has 1 aliphatic heterocycles. The van der Waals surface area contributed by atoms with Crippen LogP contribution in [0.4, 0.5) is 15.8 Å². The zero-order valence-corrected chi connectivity index (χ0v) is 19.8. The van der Waals surface area contributed by atoms with Crippen LogP contribution in [0.5, 0.6) is 5.75 Å². The third-order valence-corrected chi connectivity index (χ3v) is 6.54. The van der Waals surface area contributed by atoms with Crippen molar-refractivity contribution in [2.45, 2.75) is 20.0 Å². The van der Waals surface area contributed by atoms with Crippen molar-refractivity contribution in [3.8, 4) is 27.7 Å². The van der Waals surface area contributed by atoms with Gasteiger partial charge in [0.15, 0.2) is 6.10 Å². The van der Waals surface area contributed by atoms with Crippen LogP contribution in [0.15, 0.2) is 66.9 Å². The van der Waals surface area contributed by atoms with E-state index in [4.69, 9.17) is 9.72 Å². The minimum absolute atomic E-state index is 0.213. The minimum Gasteiger partial charge on any atom is -0.479 e. The fraction of sp³-hybridized carbons (Fsp3) is 0.154. The fourth-order valence-electron chi connectivity index (χ4n) is 3.86. The summed E-state index contributed by atoms with van der Waals surface area (Å²) in [5.41, 5.74) is 3.30. The highest BCUT2D eigenvalue weighted by atomic mass is 32.1. The van der Waals surface area contributed by atoms with Crippen LogP contribution < -0.4 is 15.0 Å². The number of benzene rings is 2. The molecule has 3 heterocycles. The smallest absolute Gasteiger partial charge is 0.268 e. The number of nitrogens with one attached hydrogen (secondary N) is 1. The summed E-state index contributed by atoms with van der Waals surface area (Å²) in [5.74, 6) is -0.621. The highest BCUT2D eigenvalue weighted by molar-refractivity contribution is 7.15. The van der Waals surface area contributed by atoms with Gasteiger partial charge in [-0.15, -0.1) is 11.3 Å². The number of anilines is 2. The Morgan fingerprint density at radius 2 is 1.97 bits per heavy atom. The zero-order valence-electron chi connectivity index (χ0n) is 19.0. The molecule has 1 unspecified atom stereocenters. The third kappa shape index (κ3) is 4.63. The number of hydrogen-bond acceptors (Lipinski definition) is 6. The summed E-state index contributed by atoms with van der Waals surface area (Å²) >= 11 is 1.54. The molecule has 5 rings (SSSR count). The van der Waals surface area contributed by atoms with Crippen LogP contribution in [0.3, 0.4) is 0 Å². The van der Waals surface area contributed by atoms with Gasteiger partial charge in [-0.1, -0.05) is 6.07 Å². The van der Waals surface area contributed by atoms with Gasteiger partial charge in [0, 0.05) is 22.3 Å². The van der Waals surface area contributed by atoms with Gasteiger partial charge in [0.05, 0.1) is 17.1 Å². The van der Waals surface area contributed by atoms with Crippen molar-refractivity contribution in [2.24, 2.45) is 0 Å². The molecule has 1 atom stereocenters. The molecule has 1 aliphatic rings. The molecule has 1 N–H and O–H groups in total. The number of pyridine rings is 1. The first-order valence-corrected chi connectivity index (χ1v) is 11.8. The maximum absolute atomic E-state index is 13.2. The number of hydrogen-bond donors (Lipinski definition) is 1. The van der Waals surface area contributed by atoms with Crippen molar-refractivity contribution in [2.75, 3.05) is 16.8 Å². The number of nitrogens with zero attached hydrogens (tertiary/aromatic N) is 3. The maximum atomic E-state index is 13.2. The molecule has 4 aromatic rings. The van der Waals surface area contributed by atoms with E-state index in [0.717, 1.165) is 26.8 Å². The van der Waals surface area contributed by atoms with Gasteiger partial charge in [0.1, 0.15) is 23.1 Å². The van der Waals surface area contributed by atoms with Gasteiger partial charge < -0.3 is 10.1 Å². The van der Waals surface area contributed by atoms with Crippen molar-refractivity contribution < 1.29 is 18.7 Å². The van der Waals surface area contributed by atoms with Crippen molar-refractivity contribution in [1.29, 1.82) is 0 Å². The average Bonchev–Trinajstić information content (AvgIpc) is 3.25. The molecule has 35 heavy (non-hydrogen) atoms. The van der Waals surface area contributed by atoms with Crippen molar-refractivity contribution in [3.63, 3.8) is 0 Å². The molecular weight excluding hydrogens is 467 g/mol. The SMILES string of the molecule is Cc1sc(-c2ccccn2)nc1-c1ccc2c(c1)N(CC(=O)Nc1ccc(F)cc1)C(=O)C(C)O2. The van der Waals surface area contributed by atoms with Crippen LogP contribution in [0.2, 0.25) is 0 Å². The minimum atomic E-state index is -0.733. The van der Waals surface area contributed by atoms with E-state index in [1.165, 1.54) is 40.5 Å². The number of rotatable bonds is 5. The van der Waals surface area contributed by atoms with Gasteiger partial charge in [-0.05, 0) is 68.4 Å². The fourth-order valence-corrected chi connectivity index (χ4v) is 4.77. The maximum Gasteiger partial charge on any atom is 0.268 e. The summed E-state index contributed by atoms with van der Waals surface area (Å²) < 4.78 is 19.0. The van der Waals surface area contributed by atoms with E-state index in [-0.39, 0.29) is 12.5 Å². The normalized spacial score (nSPS) is 14.9. The second-order valence-corrected chi connectivity index (χ2v) is 9.26. The first-order chi connectivity index (χ1) is 16.9. The van der Waals surface area contributed by atoms with Crippen LogP contribution in [0, 0.1) is 12.7 Å². The van der Waals surface area contributed by atoms with E-state index in [9.17, 15) is 14.0 Å². The monoisotopic (exact) mass is 488 g/mol. The molecule has 2 amide bonds. The van der Waals surface area contributed by atoms with Crippen LogP contribution >= 0.6 is 11.3 Å². The molecule has 0 bridgehead atoms. The molecule has 0 saturated carbocycles.